The van der Waals surface area contributed by atoms with Crippen molar-refractivity contribution < 1.29 is 28.2 Å². The van der Waals surface area contributed by atoms with E-state index >= 15 is 0 Å². The number of ether oxygens (including phenoxy) is 2. The number of methoxy groups -OCH3 is 1. The van der Waals surface area contributed by atoms with Crippen molar-refractivity contribution in [3.8, 4) is 11.3 Å². The lowest BCUT2D eigenvalue weighted by Gasteiger charge is -2.17. The summed E-state index contributed by atoms with van der Waals surface area (Å²) in [6.45, 7) is 2.03. The lowest BCUT2D eigenvalue weighted by atomic mass is 10.1. The van der Waals surface area contributed by atoms with Gasteiger partial charge in [0.05, 0.1) is 24.0 Å². The average Bonchev–Trinajstić information content (AvgIpc) is 3.25. The highest BCUT2D eigenvalue weighted by Gasteiger charge is 2.24. The number of alkyl carbamates (subject to hydrolysis) is 1. The molecule has 1 heterocycles. The summed E-state index contributed by atoms with van der Waals surface area (Å²) in [6, 6.07) is 11.5. The van der Waals surface area contributed by atoms with Gasteiger partial charge in [-0.15, -0.1) is 0 Å². The molecule has 9 nitrogen and oxygen atoms in total. The number of aromatic nitrogens is 2. The van der Waals surface area contributed by atoms with Crippen LogP contribution >= 0.6 is 11.6 Å². The van der Waals surface area contributed by atoms with Crippen LogP contribution in [0.1, 0.15) is 22.8 Å². The number of carbonyl (C=O) groups is 3. The van der Waals surface area contributed by atoms with Crippen molar-refractivity contribution in [2.45, 2.75) is 26.1 Å². The zero-order valence-electron chi connectivity index (χ0n) is 19.1. The fraction of sp³-hybridized carbons (Fsp3) is 0.250. The standard InChI is InChI=1S/C24H24ClFN4O5/c1-3-30-21(19(25)12-28-30)16-9-17(11-18(26)10-16)22(31)27-13-20(23(32)34-2)29-24(33)35-14-15-7-5-4-6-8-15/h4-12,20H,3,13-14H2,1-2H3,(H,27,31)(H,29,33)/t20-/m1/s1. The van der Waals surface area contributed by atoms with Gasteiger partial charge in [0.2, 0.25) is 0 Å². The third-order valence-corrected chi connectivity index (χ3v) is 5.26. The van der Waals surface area contributed by atoms with E-state index in [1.54, 1.807) is 28.9 Å². The number of nitrogens with zero attached hydrogens (tertiary/aromatic N) is 2. The summed E-state index contributed by atoms with van der Waals surface area (Å²) in [5, 5.41) is 9.30. The first-order valence-corrected chi connectivity index (χ1v) is 11.1. The highest BCUT2D eigenvalue weighted by molar-refractivity contribution is 6.33. The number of benzene rings is 2. The molecule has 0 fully saturated rings. The Bertz CT molecular complexity index is 1200. The topological polar surface area (TPSA) is 112 Å². The van der Waals surface area contributed by atoms with Crippen LogP contribution in [0.3, 0.4) is 0 Å². The summed E-state index contributed by atoms with van der Waals surface area (Å²) in [6.07, 6.45) is 0.572. The van der Waals surface area contributed by atoms with Gasteiger partial charge in [0, 0.05) is 24.2 Å². The van der Waals surface area contributed by atoms with E-state index in [0.29, 0.717) is 22.8 Å². The number of aryl methyl sites for hydroxylation is 1. The molecule has 0 aliphatic heterocycles. The third kappa shape index (κ3) is 6.80. The number of hydrogen-bond donors (Lipinski definition) is 2. The first-order chi connectivity index (χ1) is 16.8. The van der Waals surface area contributed by atoms with Gasteiger partial charge >= 0.3 is 12.1 Å². The Balaban J connectivity index is 1.67. The molecule has 0 spiro atoms. The second-order valence-corrected chi connectivity index (χ2v) is 7.78. The van der Waals surface area contributed by atoms with E-state index in [-0.39, 0.29) is 18.7 Å². The van der Waals surface area contributed by atoms with Crippen LogP contribution in [0.2, 0.25) is 5.02 Å². The molecule has 0 aliphatic carbocycles. The number of carbonyl (C=O) groups excluding carboxylic acids is 3. The third-order valence-electron chi connectivity index (χ3n) is 4.99. The van der Waals surface area contributed by atoms with Crippen molar-refractivity contribution in [3.05, 3.63) is 76.7 Å². The normalized spacial score (nSPS) is 11.4. The summed E-state index contributed by atoms with van der Waals surface area (Å²) >= 11 is 6.20. The van der Waals surface area contributed by atoms with Gasteiger partial charge in [0.15, 0.2) is 0 Å². The zero-order chi connectivity index (χ0) is 25.4. The fourth-order valence-corrected chi connectivity index (χ4v) is 3.54. The first kappa shape index (κ1) is 25.7. The highest BCUT2D eigenvalue weighted by atomic mass is 35.5. The maximum absolute atomic E-state index is 14.3. The van der Waals surface area contributed by atoms with E-state index in [9.17, 15) is 18.8 Å². The van der Waals surface area contributed by atoms with Crippen LogP contribution in [0.4, 0.5) is 9.18 Å². The van der Waals surface area contributed by atoms with Crippen molar-refractivity contribution in [3.63, 3.8) is 0 Å². The Morgan fingerprint density at radius 2 is 1.91 bits per heavy atom. The largest absolute Gasteiger partial charge is 0.467 e. The minimum absolute atomic E-state index is 0.00407. The summed E-state index contributed by atoms with van der Waals surface area (Å²) in [5.41, 5.74) is 1.59. The molecule has 2 N–H and O–H groups in total. The predicted molar refractivity (Wildman–Crippen MR) is 126 cm³/mol. The lowest BCUT2D eigenvalue weighted by molar-refractivity contribution is -0.142. The Morgan fingerprint density at radius 3 is 2.60 bits per heavy atom. The molecule has 35 heavy (non-hydrogen) atoms. The lowest BCUT2D eigenvalue weighted by Crippen LogP contribution is -2.49. The molecule has 3 rings (SSSR count). The van der Waals surface area contributed by atoms with Crippen molar-refractivity contribution in [1.29, 1.82) is 0 Å². The SMILES string of the molecule is CCn1ncc(Cl)c1-c1cc(F)cc(C(=O)NC[C@@H](NC(=O)OCc2ccccc2)C(=O)OC)c1. The molecular formula is C24H24ClFN4O5. The van der Waals surface area contributed by atoms with Gasteiger partial charge in [-0.05, 0) is 30.7 Å². The maximum Gasteiger partial charge on any atom is 0.408 e. The van der Waals surface area contributed by atoms with Gasteiger partial charge in [0.1, 0.15) is 18.5 Å². The van der Waals surface area contributed by atoms with Crippen LogP contribution in [-0.2, 0) is 27.4 Å². The molecular weight excluding hydrogens is 479 g/mol. The quantitative estimate of drug-likeness (QED) is 0.433. The molecule has 2 aromatic carbocycles. The summed E-state index contributed by atoms with van der Waals surface area (Å²) < 4.78 is 25.7. The molecule has 11 heteroatoms. The van der Waals surface area contributed by atoms with Crippen molar-refractivity contribution in [2.75, 3.05) is 13.7 Å². The van der Waals surface area contributed by atoms with E-state index in [2.05, 4.69) is 15.7 Å². The van der Waals surface area contributed by atoms with Gasteiger partial charge < -0.3 is 20.1 Å². The molecule has 3 aromatic rings. The molecule has 0 aliphatic rings. The summed E-state index contributed by atoms with van der Waals surface area (Å²) in [5.74, 6) is -2.11. The minimum atomic E-state index is -1.23. The van der Waals surface area contributed by atoms with Gasteiger partial charge in [-0.1, -0.05) is 41.9 Å². The fourth-order valence-electron chi connectivity index (χ4n) is 3.29. The van der Waals surface area contributed by atoms with E-state index in [0.717, 1.165) is 18.7 Å². The molecule has 0 saturated carbocycles. The number of rotatable bonds is 9. The smallest absolute Gasteiger partial charge is 0.408 e. The second kappa shape index (κ2) is 12.0. The Labute approximate surface area is 206 Å². The van der Waals surface area contributed by atoms with Crippen molar-refractivity contribution in [1.82, 2.24) is 20.4 Å². The van der Waals surface area contributed by atoms with E-state index < -0.39 is 29.8 Å². The average molecular weight is 503 g/mol. The van der Waals surface area contributed by atoms with E-state index in [1.165, 1.54) is 18.3 Å². The van der Waals surface area contributed by atoms with Crippen LogP contribution in [0.25, 0.3) is 11.3 Å². The molecule has 1 aromatic heterocycles. The van der Waals surface area contributed by atoms with Gasteiger partial charge in [-0.2, -0.15) is 5.10 Å². The molecule has 0 saturated heterocycles. The van der Waals surface area contributed by atoms with Gasteiger partial charge in [-0.3, -0.25) is 9.48 Å². The molecule has 0 unspecified atom stereocenters. The summed E-state index contributed by atoms with van der Waals surface area (Å²) in [4.78, 5) is 37.0. The van der Waals surface area contributed by atoms with Gasteiger partial charge in [-0.25, -0.2) is 14.0 Å². The van der Waals surface area contributed by atoms with Crippen LogP contribution < -0.4 is 10.6 Å². The zero-order valence-corrected chi connectivity index (χ0v) is 19.8. The molecule has 0 radical (unpaired) electrons. The summed E-state index contributed by atoms with van der Waals surface area (Å²) in [7, 11) is 1.15. The monoisotopic (exact) mass is 502 g/mol. The van der Waals surface area contributed by atoms with Crippen molar-refractivity contribution >= 4 is 29.6 Å². The predicted octanol–water partition coefficient (Wildman–Crippen LogP) is 3.56. The number of hydrogen-bond acceptors (Lipinski definition) is 6. The van der Waals surface area contributed by atoms with E-state index in [1.807, 2.05) is 13.0 Å². The molecule has 1 atom stereocenters. The molecule has 2 amide bonds. The second-order valence-electron chi connectivity index (χ2n) is 7.38. The van der Waals surface area contributed by atoms with Crippen LogP contribution in [-0.4, -0.2) is 47.4 Å². The Hall–Kier alpha value is -3.92. The highest BCUT2D eigenvalue weighted by Crippen LogP contribution is 2.29. The number of amides is 2. The van der Waals surface area contributed by atoms with Gasteiger partial charge in [0.25, 0.3) is 5.91 Å². The van der Waals surface area contributed by atoms with Crippen molar-refractivity contribution in [2.24, 2.45) is 0 Å². The van der Waals surface area contributed by atoms with E-state index in [4.69, 9.17) is 21.1 Å². The van der Waals surface area contributed by atoms with Crippen LogP contribution in [0, 0.1) is 5.82 Å². The maximum atomic E-state index is 14.3. The molecule has 0 bridgehead atoms. The number of esters is 1. The Morgan fingerprint density at radius 1 is 1.17 bits per heavy atom. The Kier molecular flexibility index (Phi) is 8.80. The van der Waals surface area contributed by atoms with Crippen LogP contribution in [0.5, 0.6) is 0 Å². The minimum Gasteiger partial charge on any atom is -0.467 e. The van der Waals surface area contributed by atoms with Crippen LogP contribution in [0.15, 0.2) is 54.7 Å². The molecule has 184 valence electrons. The number of nitrogens with one attached hydrogen (secondary N) is 2. The first-order valence-electron chi connectivity index (χ1n) is 10.7. The number of halogens is 2.